The lowest BCUT2D eigenvalue weighted by molar-refractivity contribution is -0.119. The van der Waals surface area contributed by atoms with E-state index < -0.39 is 5.97 Å². The Hall–Kier alpha value is -3.08. The number of aromatic nitrogens is 1. The second kappa shape index (κ2) is 7.66. The minimum Gasteiger partial charge on any atom is -0.452 e. The van der Waals surface area contributed by atoms with Crippen molar-refractivity contribution in [1.82, 2.24) is 4.57 Å². The lowest BCUT2D eigenvalue weighted by Gasteiger charge is -2.13. The summed E-state index contributed by atoms with van der Waals surface area (Å²) in [6.45, 7) is 7.64. The minimum absolute atomic E-state index is 0.253. The number of anilines is 1. The van der Waals surface area contributed by atoms with Gasteiger partial charge in [-0.1, -0.05) is 30.3 Å². The second-order valence-corrected chi connectivity index (χ2v) is 6.93. The molecule has 0 atom stereocenters. The summed E-state index contributed by atoms with van der Waals surface area (Å²) in [5.74, 6) is -0.847. The third-order valence-electron chi connectivity index (χ3n) is 4.59. The van der Waals surface area contributed by atoms with Crippen LogP contribution in [0.2, 0.25) is 0 Å². The number of hydrogen-bond donors (Lipinski definition) is 1. The van der Waals surface area contributed by atoms with Gasteiger partial charge in [0.2, 0.25) is 0 Å². The Balaban J connectivity index is 1.63. The fourth-order valence-corrected chi connectivity index (χ4v) is 3.45. The van der Waals surface area contributed by atoms with Crippen LogP contribution >= 0.6 is 0 Å². The number of rotatable bonds is 5. The predicted octanol–water partition coefficient (Wildman–Crippen LogP) is 4.63. The molecule has 5 nitrogen and oxygen atoms in total. The summed E-state index contributed by atoms with van der Waals surface area (Å²) in [6.07, 6.45) is 0. The molecule has 0 aliphatic rings. The smallest absolute Gasteiger partial charge is 0.340 e. The Labute approximate surface area is 158 Å². The predicted molar refractivity (Wildman–Crippen MR) is 107 cm³/mol. The Morgan fingerprint density at radius 3 is 2.41 bits per heavy atom. The molecule has 0 saturated heterocycles. The topological polar surface area (TPSA) is 60.3 Å². The van der Waals surface area contributed by atoms with Crippen molar-refractivity contribution in [1.29, 1.82) is 0 Å². The molecule has 3 rings (SSSR count). The monoisotopic (exact) mass is 364 g/mol. The first-order chi connectivity index (χ1) is 12.9. The van der Waals surface area contributed by atoms with Crippen LogP contribution in [0.3, 0.4) is 0 Å². The van der Waals surface area contributed by atoms with Crippen LogP contribution < -0.4 is 5.32 Å². The van der Waals surface area contributed by atoms with Crippen LogP contribution in [0.25, 0.3) is 10.8 Å². The van der Waals surface area contributed by atoms with Gasteiger partial charge in [-0.05, 0) is 56.7 Å². The fraction of sp³-hybridized carbons (Fsp3) is 0.273. The summed E-state index contributed by atoms with van der Waals surface area (Å²) in [7, 11) is 0. The zero-order valence-corrected chi connectivity index (χ0v) is 16.1. The first-order valence-electron chi connectivity index (χ1n) is 9.01. The van der Waals surface area contributed by atoms with Crippen LogP contribution in [0.15, 0.2) is 48.5 Å². The van der Waals surface area contributed by atoms with Gasteiger partial charge in [-0.15, -0.1) is 0 Å². The van der Waals surface area contributed by atoms with E-state index in [0.29, 0.717) is 11.3 Å². The van der Waals surface area contributed by atoms with E-state index >= 15 is 0 Å². The van der Waals surface area contributed by atoms with E-state index in [4.69, 9.17) is 4.74 Å². The number of fused-ring (bicyclic) bond motifs is 1. The van der Waals surface area contributed by atoms with Crippen molar-refractivity contribution in [3.05, 3.63) is 65.5 Å². The maximum absolute atomic E-state index is 12.4. The number of nitrogens with zero attached hydrogens (tertiary/aromatic N) is 1. The largest absolute Gasteiger partial charge is 0.452 e. The number of hydrogen-bond acceptors (Lipinski definition) is 3. The molecule has 140 valence electrons. The quantitative estimate of drug-likeness (QED) is 0.671. The van der Waals surface area contributed by atoms with Gasteiger partial charge >= 0.3 is 5.97 Å². The number of amides is 1. The maximum Gasteiger partial charge on any atom is 0.340 e. The molecule has 2 aromatic carbocycles. The Morgan fingerprint density at radius 2 is 1.74 bits per heavy atom. The van der Waals surface area contributed by atoms with Crippen molar-refractivity contribution < 1.29 is 14.3 Å². The summed E-state index contributed by atoms with van der Waals surface area (Å²) in [4.78, 5) is 24.5. The molecule has 0 aliphatic carbocycles. The van der Waals surface area contributed by atoms with Crippen molar-refractivity contribution in [2.45, 2.75) is 33.7 Å². The third-order valence-corrected chi connectivity index (χ3v) is 4.59. The highest BCUT2D eigenvalue weighted by molar-refractivity contribution is 5.97. The molecule has 27 heavy (non-hydrogen) atoms. The Morgan fingerprint density at radius 1 is 1.04 bits per heavy atom. The van der Waals surface area contributed by atoms with Crippen molar-refractivity contribution >= 4 is 28.3 Å². The first kappa shape index (κ1) is 18.7. The molecule has 1 amide bonds. The van der Waals surface area contributed by atoms with E-state index in [1.54, 1.807) is 6.07 Å². The van der Waals surface area contributed by atoms with Crippen LogP contribution in [0.5, 0.6) is 0 Å². The molecule has 0 saturated carbocycles. The van der Waals surface area contributed by atoms with Crippen LogP contribution in [-0.4, -0.2) is 23.1 Å². The van der Waals surface area contributed by atoms with Gasteiger partial charge in [0.15, 0.2) is 6.61 Å². The molecule has 0 fully saturated rings. The van der Waals surface area contributed by atoms with Gasteiger partial charge in [-0.3, -0.25) is 4.79 Å². The van der Waals surface area contributed by atoms with Gasteiger partial charge in [-0.25, -0.2) is 4.79 Å². The average molecular weight is 364 g/mol. The summed E-state index contributed by atoms with van der Waals surface area (Å²) in [5.41, 5.74) is 3.02. The van der Waals surface area contributed by atoms with Gasteiger partial charge in [0, 0.05) is 23.1 Å². The Kier molecular flexibility index (Phi) is 5.31. The standard InChI is InChI=1S/C22H24N2O3/c1-14(2)24-15(3)11-20(16(24)4)22(26)27-13-21(25)23-19-10-9-17-7-5-6-8-18(17)12-19/h5-12,14H,13H2,1-4H3,(H,23,25). The number of ether oxygens (including phenoxy) is 1. The number of aryl methyl sites for hydroxylation is 1. The van der Waals surface area contributed by atoms with Crippen molar-refractivity contribution in [3.8, 4) is 0 Å². The van der Waals surface area contributed by atoms with Crippen LogP contribution in [0.4, 0.5) is 5.69 Å². The van der Waals surface area contributed by atoms with E-state index in [0.717, 1.165) is 22.2 Å². The molecular weight excluding hydrogens is 340 g/mol. The molecule has 0 radical (unpaired) electrons. The van der Waals surface area contributed by atoms with E-state index in [9.17, 15) is 9.59 Å². The number of benzene rings is 2. The molecule has 0 bridgehead atoms. The summed E-state index contributed by atoms with van der Waals surface area (Å²) >= 11 is 0. The lowest BCUT2D eigenvalue weighted by atomic mass is 10.1. The fourth-order valence-electron chi connectivity index (χ4n) is 3.45. The van der Waals surface area contributed by atoms with Crippen molar-refractivity contribution in [2.75, 3.05) is 11.9 Å². The van der Waals surface area contributed by atoms with Crippen LogP contribution in [-0.2, 0) is 9.53 Å². The highest BCUT2D eigenvalue weighted by Crippen LogP contribution is 2.21. The normalized spacial score (nSPS) is 11.0. The van der Waals surface area contributed by atoms with Gasteiger partial charge in [-0.2, -0.15) is 0 Å². The van der Waals surface area contributed by atoms with Gasteiger partial charge in [0.25, 0.3) is 5.91 Å². The third kappa shape index (κ3) is 4.03. The number of carbonyl (C=O) groups is 2. The molecule has 5 heteroatoms. The van der Waals surface area contributed by atoms with E-state index in [1.807, 2.05) is 56.3 Å². The van der Waals surface area contributed by atoms with Gasteiger partial charge in [0.1, 0.15) is 0 Å². The lowest BCUT2D eigenvalue weighted by Crippen LogP contribution is -2.21. The maximum atomic E-state index is 12.4. The van der Waals surface area contributed by atoms with Crippen LogP contribution in [0, 0.1) is 13.8 Å². The molecule has 3 aromatic rings. The van der Waals surface area contributed by atoms with Crippen molar-refractivity contribution in [2.24, 2.45) is 0 Å². The number of carbonyl (C=O) groups excluding carboxylic acids is 2. The van der Waals surface area contributed by atoms with Crippen LogP contribution in [0.1, 0.15) is 41.6 Å². The average Bonchev–Trinajstić information content (AvgIpc) is 2.94. The molecule has 0 unspecified atom stereocenters. The molecule has 1 N–H and O–H groups in total. The zero-order valence-electron chi connectivity index (χ0n) is 16.1. The zero-order chi connectivity index (χ0) is 19.6. The van der Waals surface area contributed by atoms with Crippen molar-refractivity contribution in [3.63, 3.8) is 0 Å². The molecular formula is C22H24N2O3. The van der Waals surface area contributed by atoms with E-state index in [1.165, 1.54) is 0 Å². The summed E-state index contributed by atoms with van der Waals surface area (Å²) < 4.78 is 7.29. The van der Waals surface area contributed by atoms with E-state index in [2.05, 4.69) is 23.7 Å². The summed E-state index contributed by atoms with van der Waals surface area (Å²) in [6, 6.07) is 15.6. The molecule has 1 aromatic heterocycles. The number of esters is 1. The highest BCUT2D eigenvalue weighted by Gasteiger charge is 2.19. The van der Waals surface area contributed by atoms with Gasteiger partial charge < -0.3 is 14.6 Å². The molecule has 1 heterocycles. The minimum atomic E-state index is -0.483. The SMILES string of the molecule is Cc1cc(C(=O)OCC(=O)Nc2ccc3ccccc3c2)c(C)n1C(C)C. The number of nitrogens with one attached hydrogen (secondary N) is 1. The van der Waals surface area contributed by atoms with Gasteiger partial charge in [0.05, 0.1) is 5.56 Å². The highest BCUT2D eigenvalue weighted by atomic mass is 16.5. The van der Waals surface area contributed by atoms with E-state index in [-0.39, 0.29) is 18.6 Å². The first-order valence-corrected chi connectivity index (χ1v) is 9.01. The Bertz CT molecular complexity index is 1000. The second-order valence-electron chi connectivity index (χ2n) is 6.93. The molecule has 0 aliphatic heterocycles. The summed E-state index contributed by atoms with van der Waals surface area (Å²) in [5, 5.41) is 4.90. The molecule has 0 spiro atoms.